The maximum absolute atomic E-state index is 6.56. The lowest BCUT2D eigenvalue weighted by atomic mass is 9.87. The molecule has 5 rings (SSSR count). The molecule has 0 saturated heterocycles. The summed E-state index contributed by atoms with van der Waals surface area (Å²) in [6.07, 6.45) is 2.37. The van der Waals surface area contributed by atoms with Crippen LogP contribution in [0.2, 0.25) is 0 Å². The van der Waals surface area contributed by atoms with Crippen LogP contribution in [0.25, 0.3) is 22.6 Å². The van der Waals surface area contributed by atoms with E-state index in [1.165, 1.54) is 29.5 Å². The molecule has 26 heavy (non-hydrogen) atoms. The summed E-state index contributed by atoms with van der Waals surface area (Å²) in [5, 5.41) is 0. The highest BCUT2D eigenvalue weighted by Gasteiger charge is 2.59. The van der Waals surface area contributed by atoms with Crippen molar-refractivity contribution in [1.29, 1.82) is 0 Å². The van der Waals surface area contributed by atoms with Gasteiger partial charge in [0.1, 0.15) is 11.5 Å². The van der Waals surface area contributed by atoms with Gasteiger partial charge in [0, 0.05) is 34.1 Å². The minimum atomic E-state index is -0.0402. The van der Waals surface area contributed by atoms with Crippen LogP contribution in [0.15, 0.2) is 77.2 Å². The molecule has 2 bridgehead atoms. The molecule has 130 valence electrons. The van der Waals surface area contributed by atoms with Crippen molar-refractivity contribution in [2.24, 2.45) is 0 Å². The fourth-order valence-electron chi connectivity index (χ4n) is 5.06. The normalized spacial score (nSPS) is 26.1. The molecule has 2 aliphatic carbocycles. The molecule has 2 aliphatic rings. The summed E-state index contributed by atoms with van der Waals surface area (Å²) in [7, 11) is 0. The molecule has 3 aromatic rings. The first kappa shape index (κ1) is 16.1. The summed E-state index contributed by atoms with van der Waals surface area (Å²) in [6.45, 7) is 6.50. The van der Waals surface area contributed by atoms with Crippen molar-refractivity contribution in [1.82, 2.24) is 0 Å². The van der Waals surface area contributed by atoms with Crippen LogP contribution in [0, 0.1) is 0 Å². The molecule has 1 heterocycles. The van der Waals surface area contributed by atoms with Crippen molar-refractivity contribution in [3.8, 4) is 22.6 Å². The molecule has 0 spiro atoms. The van der Waals surface area contributed by atoms with Gasteiger partial charge in [-0.1, -0.05) is 88.7 Å². The van der Waals surface area contributed by atoms with Gasteiger partial charge in [0.25, 0.3) is 0 Å². The number of fused-ring (bicyclic) bond motifs is 5. The van der Waals surface area contributed by atoms with E-state index >= 15 is 0 Å². The third-order valence-corrected chi connectivity index (χ3v) is 7.95. The van der Waals surface area contributed by atoms with Crippen LogP contribution in [0.4, 0.5) is 0 Å². The summed E-state index contributed by atoms with van der Waals surface area (Å²) in [5.74, 6) is 2.93. The molecule has 0 N–H and O–H groups in total. The number of halogens is 1. The molecule has 0 aliphatic heterocycles. The average Bonchev–Trinajstić information content (AvgIpc) is 3.30. The maximum atomic E-state index is 6.56. The van der Waals surface area contributed by atoms with Crippen LogP contribution in [0.5, 0.6) is 0 Å². The molecule has 2 heteroatoms. The molecule has 0 radical (unpaired) electrons. The van der Waals surface area contributed by atoms with Crippen LogP contribution in [-0.4, -0.2) is 4.32 Å². The fraction of sp³-hybridized carbons (Fsp3) is 0.250. The molecule has 1 fully saturated rings. The monoisotopic (exact) mass is 404 g/mol. The Morgan fingerprint density at radius 1 is 0.885 bits per heavy atom. The van der Waals surface area contributed by atoms with Gasteiger partial charge in [-0.3, -0.25) is 0 Å². The summed E-state index contributed by atoms with van der Waals surface area (Å²) < 4.78 is 6.52. The standard InChI is InChI=1S/C24H21BrO/c1-15(2)24(25)18-13-14-19(24)21-20(18)22(16-9-5-3-6-10-16)26-23(21)17-11-7-4-8-12-17/h3-12,18-19H,1,13-14H2,2H3. The molecule has 2 atom stereocenters. The van der Waals surface area contributed by atoms with Gasteiger partial charge in [0.2, 0.25) is 0 Å². The summed E-state index contributed by atoms with van der Waals surface area (Å²) >= 11 is 4.14. The second-order valence-electron chi connectivity index (χ2n) is 7.55. The quantitative estimate of drug-likeness (QED) is 0.329. The second-order valence-corrected chi connectivity index (χ2v) is 8.86. The van der Waals surface area contributed by atoms with Gasteiger partial charge in [0.05, 0.1) is 4.32 Å². The molecular formula is C24H21BrO. The summed E-state index contributed by atoms with van der Waals surface area (Å²) in [6, 6.07) is 21.0. The van der Waals surface area contributed by atoms with Crippen LogP contribution in [0.1, 0.15) is 42.7 Å². The highest BCUT2D eigenvalue weighted by atomic mass is 79.9. The third-order valence-electron chi connectivity index (χ3n) is 6.16. The topological polar surface area (TPSA) is 13.1 Å². The Morgan fingerprint density at radius 3 is 1.69 bits per heavy atom. The van der Waals surface area contributed by atoms with E-state index in [9.17, 15) is 0 Å². The number of benzene rings is 2. The first-order valence-electron chi connectivity index (χ1n) is 9.24. The molecule has 1 aromatic heterocycles. The smallest absolute Gasteiger partial charge is 0.138 e. The second kappa shape index (κ2) is 5.72. The highest BCUT2D eigenvalue weighted by molar-refractivity contribution is 9.10. The van der Waals surface area contributed by atoms with E-state index in [1.807, 2.05) is 0 Å². The van der Waals surface area contributed by atoms with Gasteiger partial charge in [-0.15, -0.1) is 0 Å². The van der Waals surface area contributed by atoms with Crippen molar-refractivity contribution < 1.29 is 4.42 Å². The van der Waals surface area contributed by atoms with Crippen molar-refractivity contribution in [3.63, 3.8) is 0 Å². The Labute approximate surface area is 162 Å². The lowest BCUT2D eigenvalue weighted by molar-refractivity contribution is 0.559. The number of rotatable bonds is 3. The van der Waals surface area contributed by atoms with E-state index in [2.05, 4.69) is 90.1 Å². The average molecular weight is 405 g/mol. The van der Waals surface area contributed by atoms with Crippen molar-refractivity contribution in [2.75, 3.05) is 0 Å². The highest BCUT2D eigenvalue weighted by Crippen LogP contribution is 2.69. The first-order chi connectivity index (χ1) is 12.6. The predicted octanol–water partition coefficient (Wildman–Crippen LogP) is 7.30. The first-order valence-corrected chi connectivity index (χ1v) is 10.0. The van der Waals surface area contributed by atoms with Crippen molar-refractivity contribution in [3.05, 3.63) is 83.9 Å². The van der Waals surface area contributed by atoms with Crippen molar-refractivity contribution >= 4 is 15.9 Å². The van der Waals surface area contributed by atoms with Gasteiger partial charge in [-0.25, -0.2) is 0 Å². The molecular weight excluding hydrogens is 384 g/mol. The van der Waals surface area contributed by atoms with Crippen LogP contribution in [0.3, 0.4) is 0 Å². The Hall–Kier alpha value is -2.06. The summed E-state index contributed by atoms with van der Waals surface area (Å²) in [5.41, 5.74) is 6.33. The molecule has 1 saturated carbocycles. The van der Waals surface area contributed by atoms with E-state index in [0.29, 0.717) is 11.8 Å². The van der Waals surface area contributed by atoms with Gasteiger partial charge >= 0.3 is 0 Å². The minimum Gasteiger partial charge on any atom is -0.455 e. The van der Waals surface area contributed by atoms with E-state index in [4.69, 9.17) is 4.42 Å². The number of alkyl halides is 1. The maximum Gasteiger partial charge on any atom is 0.138 e. The molecule has 1 nitrogen and oxygen atoms in total. The lowest BCUT2D eigenvalue weighted by Gasteiger charge is -2.29. The number of allylic oxidation sites excluding steroid dienone is 1. The van der Waals surface area contributed by atoms with E-state index in [-0.39, 0.29) is 4.32 Å². The van der Waals surface area contributed by atoms with Crippen LogP contribution in [-0.2, 0) is 0 Å². The molecule has 2 aromatic carbocycles. The Bertz CT molecular complexity index is 914. The van der Waals surface area contributed by atoms with Crippen LogP contribution >= 0.6 is 15.9 Å². The zero-order chi connectivity index (χ0) is 17.9. The largest absolute Gasteiger partial charge is 0.455 e. The Balaban J connectivity index is 1.80. The van der Waals surface area contributed by atoms with Crippen LogP contribution < -0.4 is 0 Å². The zero-order valence-corrected chi connectivity index (χ0v) is 16.4. The predicted molar refractivity (Wildman–Crippen MR) is 111 cm³/mol. The Morgan fingerprint density at radius 2 is 1.31 bits per heavy atom. The zero-order valence-electron chi connectivity index (χ0n) is 14.8. The lowest BCUT2D eigenvalue weighted by Crippen LogP contribution is -2.25. The van der Waals surface area contributed by atoms with Crippen molar-refractivity contribution in [2.45, 2.75) is 35.9 Å². The van der Waals surface area contributed by atoms with Gasteiger partial charge in [-0.05, 0) is 19.8 Å². The van der Waals surface area contributed by atoms with Gasteiger partial charge in [0.15, 0.2) is 0 Å². The number of furan rings is 1. The van der Waals surface area contributed by atoms with E-state index in [0.717, 1.165) is 22.6 Å². The summed E-state index contributed by atoms with van der Waals surface area (Å²) in [4.78, 5) is 0. The van der Waals surface area contributed by atoms with Gasteiger partial charge < -0.3 is 4.42 Å². The molecule has 2 unspecified atom stereocenters. The van der Waals surface area contributed by atoms with Gasteiger partial charge in [-0.2, -0.15) is 0 Å². The SMILES string of the molecule is C=C(C)C1(Br)C2CCC1c1c(-c3ccccc3)oc(-c3ccccc3)c12. The minimum absolute atomic E-state index is 0.0402. The fourth-order valence-corrected chi connectivity index (χ4v) is 5.97. The van der Waals surface area contributed by atoms with E-state index in [1.54, 1.807) is 0 Å². The van der Waals surface area contributed by atoms with E-state index < -0.39 is 0 Å². The number of hydrogen-bond acceptors (Lipinski definition) is 1. The molecule has 0 amide bonds. The Kier molecular flexibility index (Phi) is 3.55. The third kappa shape index (κ3) is 2.02. The number of hydrogen-bond donors (Lipinski definition) is 0.